The molecule has 0 aliphatic carbocycles. The van der Waals surface area contributed by atoms with Gasteiger partial charge >= 0.3 is 0 Å². The van der Waals surface area contributed by atoms with Crippen molar-refractivity contribution in [3.05, 3.63) is 23.8 Å². The van der Waals surface area contributed by atoms with E-state index in [0.29, 0.717) is 32.6 Å². The fourth-order valence-electron chi connectivity index (χ4n) is 2.55. The average Bonchev–Trinajstić information content (AvgIpc) is 2.38. The first-order chi connectivity index (χ1) is 9.89. The van der Waals surface area contributed by atoms with E-state index in [9.17, 15) is 20.1 Å². The van der Waals surface area contributed by atoms with Gasteiger partial charge in [0.1, 0.15) is 11.5 Å². The first-order valence-corrected chi connectivity index (χ1v) is 6.93. The van der Waals surface area contributed by atoms with Crippen molar-refractivity contribution in [3.8, 4) is 11.5 Å². The van der Waals surface area contributed by atoms with Crippen LogP contribution in [0.4, 0.5) is 0 Å². The molecule has 21 heavy (non-hydrogen) atoms. The van der Waals surface area contributed by atoms with E-state index in [0.717, 1.165) is 6.07 Å². The zero-order valence-corrected chi connectivity index (χ0v) is 12.1. The van der Waals surface area contributed by atoms with Gasteiger partial charge in [0, 0.05) is 38.7 Å². The average molecular weight is 295 g/mol. The van der Waals surface area contributed by atoms with Gasteiger partial charge in [0.15, 0.2) is 5.78 Å². The van der Waals surface area contributed by atoms with Crippen LogP contribution in [0.5, 0.6) is 11.5 Å². The normalized spacial score (nSPS) is 17.9. The summed E-state index contributed by atoms with van der Waals surface area (Å²) < 4.78 is 5.22. The van der Waals surface area contributed by atoms with Crippen molar-refractivity contribution in [2.24, 2.45) is 0 Å². The van der Waals surface area contributed by atoms with Gasteiger partial charge in [0.05, 0.1) is 17.7 Å². The standard InChI is InChI=1S/C15H21NO5/c1-16(10-15(20)4-6-21-7-5-15)9-14(19)12-3-2-11(17)8-13(12)18/h2-3,8,17-18,20H,4-7,9-10H2,1H3. The summed E-state index contributed by atoms with van der Waals surface area (Å²) in [6.07, 6.45) is 1.10. The SMILES string of the molecule is CN(CC(=O)c1ccc(O)cc1O)CC1(O)CCOCC1. The molecule has 0 aromatic heterocycles. The summed E-state index contributed by atoms with van der Waals surface area (Å²) in [5.74, 6) is -0.585. The molecule has 1 aromatic carbocycles. The van der Waals surface area contributed by atoms with E-state index in [1.54, 1.807) is 11.9 Å². The lowest BCUT2D eigenvalue weighted by Gasteiger charge is -2.35. The summed E-state index contributed by atoms with van der Waals surface area (Å²) in [6, 6.07) is 3.89. The van der Waals surface area contributed by atoms with Crippen LogP contribution in [0.1, 0.15) is 23.2 Å². The maximum absolute atomic E-state index is 12.1. The third-order valence-electron chi connectivity index (χ3n) is 3.68. The van der Waals surface area contributed by atoms with Gasteiger partial charge in [-0.1, -0.05) is 0 Å². The third-order valence-corrected chi connectivity index (χ3v) is 3.68. The van der Waals surface area contributed by atoms with Gasteiger partial charge < -0.3 is 20.1 Å². The van der Waals surface area contributed by atoms with E-state index in [2.05, 4.69) is 0 Å². The summed E-state index contributed by atoms with van der Waals surface area (Å²) >= 11 is 0. The minimum atomic E-state index is -0.829. The molecule has 1 fully saturated rings. The Morgan fingerprint density at radius 3 is 2.62 bits per heavy atom. The first kappa shape index (κ1) is 15.8. The summed E-state index contributed by atoms with van der Waals surface area (Å²) in [4.78, 5) is 13.9. The Kier molecular flexibility index (Phi) is 4.82. The number of phenols is 2. The smallest absolute Gasteiger partial charge is 0.180 e. The molecule has 6 nitrogen and oxygen atoms in total. The number of hydrogen-bond acceptors (Lipinski definition) is 6. The minimum absolute atomic E-state index is 0.0848. The summed E-state index contributed by atoms with van der Waals surface area (Å²) in [6.45, 7) is 1.51. The van der Waals surface area contributed by atoms with Gasteiger partial charge in [-0.3, -0.25) is 9.69 Å². The van der Waals surface area contributed by atoms with Crippen LogP contribution >= 0.6 is 0 Å². The Hall–Kier alpha value is -1.63. The monoisotopic (exact) mass is 295 g/mol. The largest absolute Gasteiger partial charge is 0.508 e. The molecule has 1 aliphatic heterocycles. The van der Waals surface area contributed by atoms with Gasteiger partial charge in [-0.2, -0.15) is 0 Å². The molecule has 1 aromatic rings. The lowest BCUT2D eigenvalue weighted by atomic mass is 9.94. The molecule has 1 saturated heterocycles. The maximum atomic E-state index is 12.1. The number of carbonyl (C=O) groups is 1. The molecule has 0 radical (unpaired) electrons. The first-order valence-electron chi connectivity index (χ1n) is 6.93. The van der Waals surface area contributed by atoms with Crippen LogP contribution < -0.4 is 0 Å². The van der Waals surface area contributed by atoms with Crippen molar-refractivity contribution in [2.45, 2.75) is 18.4 Å². The molecular formula is C15H21NO5. The maximum Gasteiger partial charge on any atom is 0.180 e. The van der Waals surface area contributed by atoms with E-state index in [4.69, 9.17) is 4.74 Å². The zero-order valence-electron chi connectivity index (χ0n) is 12.1. The molecule has 0 bridgehead atoms. The van der Waals surface area contributed by atoms with Crippen LogP contribution in [0.15, 0.2) is 18.2 Å². The van der Waals surface area contributed by atoms with E-state index >= 15 is 0 Å². The number of ether oxygens (including phenoxy) is 1. The molecule has 0 amide bonds. The van der Waals surface area contributed by atoms with Crippen LogP contribution in [0.25, 0.3) is 0 Å². The second-order valence-corrected chi connectivity index (χ2v) is 5.63. The van der Waals surface area contributed by atoms with E-state index < -0.39 is 5.60 Å². The number of hydrogen-bond donors (Lipinski definition) is 3. The topological polar surface area (TPSA) is 90.2 Å². The van der Waals surface area contributed by atoms with Gasteiger partial charge in [0.2, 0.25) is 0 Å². The Bertz CT molecular complexity index is 511. The summed E-state index contributed by atoms with van der Waals surface area (Å²) in [5, 5.41) is 29.3. The highest BCUT2D eigenvalue weighted by molar-refractivity contribution is 6.00. The molecule has 6 heteroatoms. The second-order valence-electron chi connectivity index (χ2n) is 5.63. The van der Waals surface area contributed by atoms with Gasteiger partial charge in [-0.15, -0.1) is 0 Å². The van der Waals surface area contributed by atoms with Crippen molar-refractivity contribution in [3.63, 3.8) is 0 Å². The zero-order chi connectivity index (χ0) is 15.5. The highest BCUT2D eigenvalue weighted by atomic mass is 16.5. The number of Topliss-reactive ketones (excluding diaryl/α,β-unsaturated/α-hetero) is 1. The lowest BCUT2D eigenvalue weighted by Crippen LogP contribution is -2.46. The fraction of sp³-hybridized carbons (Fsp3) is 0.533. The molecular weight excluding hydrogens is 274 g/mol. The number of phenolic OH excluding ortho intramolecular Hbond substituents is 2. The molecule has 1 aliphatic rings. The lowest BCUT2D eigenvalue weighted by molar-refractivity contribution is -0.0758. The van der Waals surface area contributed by atoms with E-state index in [1.807, 2.05) is 0 Å². The number of aliphatic hydroxyl groups is 1. The number of rotatable bonds is 5. The Balaban J connectivity index is 1.95. The van der Waals surface area contributed by atoms with Crippen LogP contribution in [0, 0.1) is 0 Å². The van der Waals surface area contributed by atoms with E-state index in [1.165, 1.54) is 12.1 Å². The third kappa shape index (κ3) is 4.17. The summed E-state index contributed by atoms with van der Waals surface area (Å²) in [5.41, 5.74) is -0.664. The fourth-order valence-corrected chi connectivity index (χ4v) is 2.55. The van der Waals surface area contributed by atoms with Crippen LogP contribution in [-0.2, 0) is 4.74 Å². The second kappa shape index (κ2) is 6.43. The van der Waals surface area contributed by atoms with Crippen LogP contribution in [-0.4, -0.2) is 65.0 Å². The Morgan fingerprint density at radius 2 is 2.00 bits per heavy atom. The number of ketones is 1. The quantitative estimate of drug-likeness (QED) is 0.695. The number of nitrogens with zero attached hydrogens (tertiary/aromatic N) is 1. The van der Waals surface area contributed by atoms with Crippen LogP contribution in [0.2, 0.25) is 0 Å². The Labute approximate surface area is 123 Å². The number of aromatic hydroxyl groups is 2. The molecule has 2 rings (SSSR count). The predicted octanol–water partition coefficient (Wildman–Crippen LogP) is 0.754. The molecule has 1 heterocycles. The van der Waals surface area contributed by atoms with Gasteiger partial charge in [-0.25, -0.2) is 0 Å². The number of likely N-dealkylation sites (N-methyl/N-ethyl adjacent to an activating group) is 1. The highest BCUT2D eigenvalue weighted by Crippen LogP contribution is 2.24. The number of carbonyl (C=O) groups excluding carboxylic acids is 1. The van der Waals surface area contributed by atoms with Crippen molar-refractivity contribution < 1.29 is 24.9 Å². The molecule has 0 unspecified atom stereocenters. The molecule has 0 saturated carbocycles. The highest BCUT2D eigenvalue weighted by Gasteiger charge is 2.31. The number of benzene rings is 1. The molecule has 0 atom stereocenters. The molecule has 116 valence electrons. The van der Waals surface area contributed by atoms with Crippen LogP contribution in [0.3, 0.4) is 0 Å². The van der Waals surface area contributed by atoms with Gasteiger partial charge in [-0.05, 0) is 19.2 Å². The minimum Gasteiger partial charge on any atom is -0.508 e. The predicted molar refractivity (Wildman–Crippen MR) is 76.6 cm³/mol. The van der Waals surface area contributed by atoms with Gasteiger partial charge in [0.25, 0.3) is 0 Å². The van der Waals surface area contributed by atoms with Crippen molar-refractivity contribution >= 4 is 5.78 Å². The Morgan fingerprint density at radius 1 is 1.33 bits per heavy atom. The van der Waals surface area contributed by atoms with E-state index in [-0.39, 0.29) is 29.4 Å². The van der Waals surface area contributed by atoms with Crippen molar-refractivity contribution in [2.75, 3.05) is 33.4 Å². The van der Waals surface area contributed by atoms with Crippen molar-refractivity contribution in [1.29, 1.82) is 0 Å². The van der Waals surface area contributed by atoms with Crippen molar-refractivity contribution in [1.82, 2.24) is 4.90 Å². The summed E-state index contributed by atoms with van der Waals surface area (Å²) in [7, 11) is 1.75. The molecule has 0 spiro atoms. The molecule has 3 N–H and O–H groups in total.